The van der Waals surface area contributed by atoms with Gasteiger partial charge in [-0.05, 0) is 124 Å². The van der Waals surface area contributed by atoms with E-state index in [-0.39, 0.29) is 70.2 Å². The average Bonchev–Trinajstić information content (AvgIpc) is 1.31. The largest absolute Gasteiger partial charge is 0.422 e. The highest BCUT2D eigenvalue weighted by Crippen LogP contribution is 2.50. The van der Waals surface area contributed by atoms with E-state index < -0.39 is 204 Å². The number of aryl methyl sites for hydroxylation is 1. The van der Waals surface area contributed by atoms with Crippen LogP contribution < -0.4 is 16.0 Å². The summed E-state index contributed by atoms with van der Waals surface area (Å²) in [7, 11) is 8.31. The highest BCUT2D eigenvalue weighted by molar-refractivity contribution is 6.01. The minimum atomic E-state index is -5.42. The summed E-state index contributed by atoms with van der Waals surface area (Å²) in [6, 6.07) is -3.21. The van der Waals surface area contributed by atoms with E-state index in [4.69, 9.17) is 4.74 Å². The Morgan fingerprint density at radius 2 is 1.28 bits per heavy atom. The molecule has 2 saturated heterocycles. The van der Waals surface area contributed by atoms with Gasteiger partial charge in [-0.15, -0.1) is 0 Å². The highest BCUT2D eigenvalue weighted by atomic mass is 19.4. The lowest BCUT2D eigenvalue weighted by Crippen LogP contribution is -2.71. The Morgan fingerprint density at radius 3 is 1.88 bits per heavy atom. The normalized spacial score (nSPS) is 26.8. The molecule has 600 valence electrons. The molecule has 109 heavy (non-hydrogen) atoms. The van der Waals surface area contributed by atoms with Gasteiger partial charge in [0, 0.05) is 87.9 Å². The van der Waals surface area contributed by atoms with E-state index in [2.05, 4.69) is 16.0 Å². The summed E-state index contributed by atoms with van der Waals surface area (Å²) in [4.78, 5) is 195. The Morgan fingerprint density at radius 1 is 0.642 bits per heavy atom. The third-order valence-electron chi connectivity index (χ3n) is 22.9. The number of halogens is 5. The lowest BCUT2D eigenvalue weighted by Gasteiger charge is -2.54. The van der Waals surface area contributed by atoms with Crippen LogP contribution in [-0.4, -0.2) is 263 Å². The van der Waals surface area contributed by atoms with Crippen LogP contribution in [0.3, 0.4) is 0 Å². The molecule has 6 bridgehead atoms. The number of alkyl halides is 3. The maximum Gasteiger partial charge on any atom is 0.422 e. The third kappa shape index (κ3) is 20.2. The van der Waals surface area contributed by atoms with E-state index in [1.807, 2.05) is 46.8 Å². The first kappa shape index (κ1) is 85.8. The fraction of sp³-hybridized carbons (Fsp3) is 0.646. The zero-order chi connectivity index (χ0) is 80.3. The Bertz CT molecular complexity index is 3720. The van der Waals surface area contributed by atoms with Gasteiger partial charge in [0.15, 0.2) is 0 Å². The molecule has 8 aliphatic rings. The van der Waals surface area contributed by atoms with E-state index in [0.717, 1.165) is 14.7 Å². The van der Waals surface area contributed by atoms with E-state index in [9.17, 15) is 27.6 Å². The lowest BCUT2D eigenvalue weighted by atomic mass is 9.58. The minimum Gasteiger partial charge on any atom is -0.377 e. The molecule has 3 fully saturated rings. The van der Waals surface area contributed by atoms with Gasteiger partial charge in [0.25, 0.3) is 0 Å². The van der Waals surface area contributed by atoms with Gasteiger partial charge in [0.2, 0.25) is 70.9 Å². The van der Waals surface area contributed by atoms with Crippen molar-refractivity contribution in [1.29, 1.82) is 0 Å². The van der Waals surface area contributed by atoms with Crippen LogP contribution in [0.5, 0.6) is 0 Å². The maximum atomic E-state index is 15.9. The molecule has 12 amide bonds. The van der Waals surface area contributed by atoms with Crippen LogP contribution in [0, 0.1) is 28.9 Å². The van der Waals surface area contributed by atoms with Gasteiger partial charge in [-0.1, -0.05) is 109 Å². The zero-order valence-electron chi connectivity index (χ0n) is 65.3. The van der Waals surface area contributed by atoms with Crippen molar-refractivity contribution in [2.75, 3.05) is 88.2 Å². The number of likely N-dealkylation sites (tertiary alicyclic amines) is 1. The van der Waals surface area contributed by atoms with Crippen molar-refractivity contribution in [3.63, 3.8) is 0 Å². The molecule has 1 spiro atoms. The second kappa shape index (κ2) is 36.8. The van der Waals surface area contributed by atoms with E-state index in [1.54, 1.807) is 55.2 Å². The van der Waals surface area contributed by atoms with Crippen molar-refractivity contribution >= 4 is 77.0 Å². The van der Waals surface area contributed by atoms with Crippen molar-refractivity contribution in [3.8, 4) is 0 Å². The quantitative estimate of drug-likeness (QED) is 0.127. The van der Waals surface area contributed by atoms with Crippen LogP contribution in [0.2, 0.25) is 0 Å². The van der Waals surface area contributed by atoms with Crippen molar-refractivity contribution in [2.45, 2.75) is 224 Å². The predicted molar refractivity (Wildman–Crippen MR) is 395 cm³/mol. The molecule has 0 aromatic heterocycles. The molecular weight excluding hydrogens is 1420 g/mol. The smallest absolute Gasteiger partial charge is 0.377 e. The first-order chi connectivity index (χ1) is 51.4. The summed E-state index contributed by atoms with van der Waals surface area (Å²) in [5.41, 5.74) is -3.57. The number of carbonyl (C=O) groups is 12. The molecule has 2 aromatic carbocycles. The van der Waals surface area contributed by atoms with Crippen LogP contribution in [0.25, 0.3) is 6.08 Å². The van der Waals surface area contributed by atoms with Gasteiger partial charge >= 0.3 is 6.18 Å². The van der Waals surface area contributed by atoms with Crippen LogP contribution in [0.15, 0.2) is 54.6 Å². The average molecular weight is 1530 g/mol. The highest BCUT2D eigenvalue weighted by Gasteiger charge is 2.59. The standard InChI is InChI=1S/C79H111F5N12O13/c1-14-48(5)66-74(106)89(9)45-64(99)91(11)58-28-22-19-23-37-95(73(58)105)61-40-50-31-29-49(30-32-50)26-20-18-21-27-57(68(100)86-66)90(10)63(98)42-60(72(104)94-35-24-25-36-94)92(12)75(107)67(52(15-2)16-3)93(13)76(108)78(46-77(6,7)47-78)87-69(101)59-41-53(109-17-4)43-96(59)70(102)56(85-62(97)44-88(8)71(61)103)34-33-51-38-54(80)65(55(81)39-51)79(82,83)84/h19-20,22,26,29-32,38-39,48,52-53,56-61,66-67H,14-18,21,23-25,27-28,33-37,40-47H2,1-13H3,(H,85,97)(H,86,100)(H,87,101)/b22-19-,26-20?/t48-,53+,56-,57-,58-,59-,60-,61+,66-,67-/m0/s1. The summed E-state index contributed by atoms with van der Waals surface area (Å²) < 4.78 is 78.4. The predicted octanol–water partition coefficient (Wildman–Crippen LogP) is 6.29. The number of hydrogen-bond acceptors (Lipinski definition) is 13. The molecule has 30 heteroatoms. The van der Waals surface area contributed by atoms with E-state index in [1.165, 1.54) is 66.8 Å². The first-order valence-corrected chi connectivity index (χ1v) is 38.3. The third-order valence-corrected chi connectivity index (χ3v) is 22.9. The van der Waals surface area contributed by atoms with E-state index >= 15 is 51.9 Å². The number of fused-ring (bicyclic) bond motifs is 22. The van der Waals surface area contributed by atoms with E-state index in [0.29, 0.717) is 81.3 Å². The molecule has 1 aliphatic carbocycles. The van der Waals surface area contributed by atoms with Gasteiger partial charge in [-0.25, -0.2) is 8.78 Å². The van der Waals surface area contributed by atoms with Crippen LogP contribution in [0.4, 0.5) is 22.0 Å². The molecule has 3 N–H and O–H groups in total. The summed E-state index contributed by atoms with van der Waals surface area (Å²) >= 11 is 0. The number of nitrogens with one attached hydrogen (secondary N) is 3. The molecule has 7 heterocycles. The van der Waals surface area contributed by atoms with Crippen molar-refractivity contribution in [3.05, 3.63) is 88.5 Å². The molecule has 2 aromatic rings. The number of benzene rings is 2. The molecule has 10 atom stereocenters. The Hall–Kier alpha value is -8.83. The monoisotopic (exact) mass is 1530 g/mol. The lowest BCUT2D eigenvalue weighted by molar-refractivity contribution is -0.161. The topological polar surface area (TPSA) is 279 Å². The van der Waals surface area contributed by atoms with Crippen LogP contribution in [-0.2, 0) is 81.3 Å². The molecule has 7 aliphatic heterocycles. The van der Waals surface area contributed by atoms with Gasteiger partial charge in [-0.2, -0.15) is 13.2 Å². The molecule has 0 radical (unpaired) electrons. The number of amides is 12. The van der Waals surface area contributed by atoms with Crippen molar-refractivity contribution in [1.82, 2.24) is 60.0 Å². The SMILES string of the molecule is CCO[C@@H]1C[C@H]2C(=O)NC3(CC(C)(C)C3)C(=O)N(C)[C@@H](C(CC)CC)C(=O)N(C)[C@H](C(=O)N3CCCC3)CC(=O)N(C)[C@H]3CCCC=Cc4ccc(cc4)C[C@H](C(=O)N(C)CC(=O)N[C@@H](CCc4cc(F)c(C(F)(F)F)c(F)c4)C(=O)N2C1)N1CC/C=C\C[C@@H](C1=O)N(C)C(=O)CN(C)C(=O)[C@H]([C@@H](C)CC)NC3=O. The molecule has 10 rings (SSSR count). The number of rotatable bonds is 11. The number of allylic oxidation sites excluding steroid dienone is 1. The summed E-state index contributed by atoms with van der Waals surface area (Å²) in [6.45, 7) is 11.7. The molecule has 0 unspecified atom stereocenters. The zero-order valence-corrected chi connectivity index (χ0v) is 65.3. The number of hydrogen-bond donors (Lipinski definition) is 3. The summed E-state index contributed by atoms with van der Waals surface area (Å²) in [6.07, 6.45) is 2.23. The molecular formula is C79H111F5N12O13. The fourth-order valence-electron chi connectivity index (χ4n) is 16.5. The Kier molecular flexibility index (Phi) is 29.0. The van der Waals surface area contributed by atoms with Gasteiger partial charge in [-0.3, -0.25) is 57.5 Å². The second-order valence-corrected chi connectivity index (χ2v) is 31.3. The minimum absolute atomic E-state index is 0.0214. The number of nitrogens with zero attached hydrogens (tertiary/aromatic N) is 9. The van der Waals surface area contributed by atoms with Gasteiger partial charge < -0.3 is 64.8 Å². The maximum absolute atomic E-state index is 15.9. The Balaban J connectivity index is 1.29. The second-order valence-electron chi connectivity index (χ2n) is 31.3. The molecule has 1 saturated carbocycles. The first-order valence-electron chi connectivity index (χ1n) is 38.3. The van der Waals surface area contributed by atoms with Gasteiger partial charge in [0.1, 0.15) is 71.1 Å². The summed E-state index contributed by atoms with van der Waals surface area (Å²) in [5, 5.41) is 8.59. The number of carbonyl (C=O) groups excluding carboxylic acids is 12. The summed E-state index contributed by atoms with van der Waals surface area (Å²) in [5.74, 6) is -14.0. The fourth-order valence-corrected chi connectivity index (χ4v) is 16.5. The van der Waals surface area contributed by atoms with Crippen molar-refractivity contribution < 1.29 is 84.2 Å². The van der Waals surface area contributed by atoms with Crippen molar-refractivity contribution in [2.24, 2.45) is 17.3 Å². The number of ether oxygens (including phenoxy) is 1. The number of likely N-dealkylation sites (N-methyl/N-ethyl adjacent to an activating group) is 6. The Labute approximate surface area is 636 Å². The van der Waals surface area contributed by atoms with Gasteiger partial charge in [0.05, 0.1) is 25.6 Å². The van der Waals surface area contributed by atoms with Crippen LogP contribution >= 0.6 is 0 Å². The molecule has 25 nitrogen and oxygen atoms in total. The van der Waals surface area contributed by atoms with Crippen LogP contribution in [0.1, 0.15) is 167 Å².